The number of aliphatic hydroxyl groups is 1. The molecule has 1 aliphatic carbocycles. The first-order chi connectivity index (χ1) is 5.51. The second kappa shape index (κ2) is 3.27. The van der Waals surface area contributed by atoms with Crippen LogP contribution in [-0.2, 0) is 4.79 Å². The number of rotatable bonds is 1. The van der Waals surface area contributed by atoms with Crippen molar-refractivity contribution in [2.24, 2.45) is 0 Å². The lowest BCUT2D eigenvalue weighted by Gasteiger charge is -2.20. The Labute approximate surface area is 71.7 Å². The highest BCUT2D eigenvalue weighted by Crippen LogP contribution is 2.26. The molecule has 3 heteroatoms. The normalized spacial score (nSPS) is 30.7. The Morgan fingerprint density at radius 1 is 1.67 bits per heavy atom. The van der Waals surface area contributed by atoms with Crippen LogP contribution in [-0.4, -0.2) is 21.8 Å². The molecule has 0 saturated heterocycles. The molecule has 0 bridgehead atoms. The number of aliphatic carboxylic acids is 1. The van der Waals surface area contributed by atoms with E-state index in [1.165, 1.54) is 0 Å². The van der Waals surface area contributed by atoms with Gasteiger partial charge in [-0.3, -0.25) is 0 Å². The van der Waals surface area contributed by atoms with Crippen molar-refractivity contribution in [2.45, 2.75) is 38.2 Å². The maximum atomic E-state index is 10.6. The lowest BCUT2D eigenvalue weighted by molar-refractivity contribution is -0.133. The van der Waals surface area contributed by atoms with Crippen LogP contribution in [0.15, 0.2) is 11.6 Å². The van der Waals surface area contributed by atoms with Gasteiger partial charge in [0.1, 0.15) is 0 Å². The molecule has 0 radical (unpaired) electrons. The molecule has 0 aliphatic heterocycles. The minimum absolute atomic E-state index is 0.266. The second-order valence-corrected chi connectivity index (χ2v) is 3.60. The van der Waals surface area contributed by atoms with Crippen molar-refractivity contribution in [2.75, 3.05) is 0 Å². The Kier molecular flexibility index (Phi) is 2.52. The number of carbonyl (C=O) groups is 1. The minimum atomic E-state index is -0.905. The zero-order valence-electron chi connectivity index (χ0n) is 7.21. The summed E-state index contributed by atoms with van der Waals surface area (Å²) < 4.78 is 0. The van der Waals surface area contributed by atoms with E-state index >= 15 is 0 Å². The summed E-state index contributed by atoms with van der Waals surface area (Å²) in [5.41, 5.74) is -0.488. The summed E-state index contributed by atoms with van der Waals surface area (Å²) in [5.74, 6) is -0.905. The van der Waals surface area contributed by atoms with Crippen molar-refractivity contribution in [3.8, 4) is 0 Å². The molecular weight excluding hydrogens is 156 g/mol. The predicted octanol–water partition coefficient (Wildman–Crippen LogP) is 1.32. The van der Waals surface area contributed by atoms with E-state index in [2.05, 4.69) is 0 Å². The topological polar surface area (TPSA) is 57.5 Å². The Morgan fingerprint density at radius 2 is 2.33 bits per heavy atom. The second-order valence-electron chi connectivity index (χ2n) is 3.60. The standard InChI is InChI=1S/C9H14O3/c1-9(12)5-3-2-4-7(6-9)8(10)11/h4,12H,2-3,5-6H2,1H3,(H,10,11). The van der Waals surface area contributed by atoms with Crippen LogP contribution >= 0.6 is 0 Å². The van der Waals surface area contributed by atoms with Gasteiger partial charge >= 0.3 is 5.97 Å². The summed E-state index contributed by atoms with van der Waals surface area (Å²) >= 11 is 0. The van der Waals surface area contributed by atoms with Crippen LogP contribution in [0.4, 0.5) is 0 Å². The van der Waals surface area contributed by atoms with E-state index in [4.69, 9.17) is 5.11 Å². The first-order valence-electron chi connectivity index (χ1n) is 4.16. The van der Waals surface area contributed by atoms with Crippen LogP contribution in [0, 0.1) is 0 Å². The predicted molar refractivity (Wildman–Crippen MR) is 44.8 cm³/mol. The fraction of sp³-hybridized carbons (Fsp3) is 0.667. The highest BCUT2D eigenvalue weighted by Gasteiger charge is 2.26. The average molecular weight is 170 g/mol. The maximum Gasteiger partial charge on any atom is 0.331 e. The molecule has 1 rings (SSSR count). The summed E-state index contributed by atoms with van der Waals surface area (Å²) in [5, 5.41) is 18.4. The third-order valence-electron chi connectivity index (χ3n) is 2.16. The van der Waals surface area contributed by atoms with Gasteiger partial charge in [0.2, 0.25) is 0 Å². The van der Waals surface area contributed by atoms with Crippen molar-refractivity contribution < 1.29 is 15.0 Å². The molecule has 2 N–H and O–H groups in total. The molecule has 0 aromatic rings. The smallest absolute Gasteiger partial charge is 0.331 e. The maximum absolute atomic E-state index is 10.6. The summed E-state index contributed by atoms with van der Waals surface area (Å²) in [6, 6.07) is 0. The Bertz CT molecular complexity index is 216. The lowest BCUT2D eigenvalue weighted by Crippen LogP contribution is -2.25. The van der Waals surface area contributed by atoms with E-state index in [0.717, 1.165) is 12.8 Å². The van der Waals surface area contributed by atoms with Gasteiger partial charge in [-0.05, 0) is 26.2 Å². The van der Waals surface area contributed by atoms with Gasteiger partial charge in [-0.2, -0.15) is 0 Å². The van der Waals surface area contributed by atoms with Crippen LogP contribution in [0.2, 0.25) is 0 Å². The Balaban J connectivity index is 2.74. The summed E-state index contributed by atoms with van der Waals surface area (Å²) in [7, 11) is 0. The fourth-order valence-corrected chi connectivity index (χ4v) is 1.49. The van der Waals surface area contributed by atoms with Crippen LogP contribution in [0.5, 0.6) is 0 Å². The number of carboxylic acid groups (broad SMARTS) is 1. The summed E-state index contributed by atoms with van der Waals surface area (Å²) in [6.45, 7) is 1.69. The fourth-order valence-electron chi connectivity index (χ4n) is 1.49. The first kappa shape index (κ1) is 9.26. The average Bonchev–Trinajstić information content (AvgIpc) is 2.10. The minimum Gasteiger partial charge on any atom is -0.478 e. The molecule has 0 amide bonds. The summed E-state index contributed by atoms with van der Waals surface area (Å²) in [6.07, 6.45) is 4.29. The molecule has 1 aliphatic rings. The molecule has 68 valence electrons. The van der Waals surface area contributed by atoms with Gasteiger partial charge in [-0.1, -0.05) is 6.08 Å². The molecule has 1 atom stereocenters. The van der Waals surface area contributed by atoms with Crippen molar-refractivity contribution in [3.63, 3.8) is 0 Å². The van der Waals surface area contributed by atoms with E-state index < -0.39 is 11.6 Å². The molecular formula is C9H14O3. The molecule has 0 saturated carbocycles. The van der Waals surface area contributed by atoms with E-state index in [1.807, 2.05) is 0 Å². The molecule has 12 heavy (non-hydrogen) atoms. The number of hydrogen-bond acceptors (Lipinski definition) is 2. The highest BCUT2D eigenvalue weighted by molar-refractivity contribution is 5.86. The number of allylic oxidation sites excluding steroid dienone is 1. The van der Waals surface area contributed by atoms with Crippen LogP contribution in [0.3, 0.4) is 0 Å². The number of carboxylic acids is 1. The van der Waals surface area contributed by atoms with Gasteiger partial charge in [0.05, 0.1) is 5.60 Å². The zero-order chi connectivity index (χ0) is 9.19. The monoisotopic (exact) mass is 170 g/mol. The molecule has 0 spiro atoms. The van der Waals surface area contributed by atoms with Crippen molar-refractivity contribution in [3.05, 3.63) is 11.6 Å². The van der Waals surface area contributed by atoms with Crippen molar-refractivity contribution in [1.29, 1.82) is 0 Å². The van der Waals surface area contributed by atoms with E-state index in [1.54, 1.807) is 13.0 Å². The highest BCUT2D eigenvalue weighted by atomic mass is 16.4. The Morgan fingerprint density at radius 3 is 2.92 bits per heavy atom. The third kappa shape index (κ3) is 2.34. The quantitative estimate of drug-likeness (QED) is 0.624. The van der Waals surface area contributed by atoms with E-state index in [0.29, 0.717) is 12.0 Å². The van der Waals surface area contributed by atoms with E-state index in [-0.39, 0.29) is 6.42 Å². The molecule has 0 aromatic carbocycles. The van der Waals surface area contributed by atoms with Crippen LogP contribution < -0.4 is 0 Å². The van der Waals surface area contributed by atoms with Gasteiger partial charge in [-0.15, -0.1) is 0 Å². The third-order valence-corrected chi connectivity index (χ3v) is 2.16. The lowest BCUT2D eigenvalue weighted by atomic mass is 9.94. The Hall–Kier alpha value is -0.830. The largest absolute Gasteiger partial charge is 0.478 e. The van der Waals surface area contributed by atoms with Gasteiger partial charge in [0.25, 0.3) is 0 Å². The molecule has 1 unspecified atom stereocenters. The number of hydrogen-bond donors (Lipinski definition) is 2. The summed E-state index contributed by atoms with van der Waals surface area (Å²) in [4.78, 5) is 10.6. The zero-order valence-corrected chi connectivity index (χ0v) is 7.21. The molecule has 0 aromatic heterocycles. The molecule has 0 fully saturated rings. The van der Waals surface area contributed by atoms with Gasteiger partial charge in [0.15, 0.2) is 0 Å². The van der Waals surface area contributed by atoms with Crippen LogP contribution in [0.1, 0.15) is 32.6 Å². The first-order valence-corrected chi connectivity index (χ1v) is 4.16. The molecule has 0 heterocycles. The van der Waals surface area contributed by atoms with Crippen LogP contribution in [0.25, 0.3) is 0 Å². The van der Waals surface area contributed by atoms with E-state index in [9.17, 15) is 9.90 Å². The molecule has 3 nitrogen and oxygen atoms in total. The van der Waals surface area contributed by atoms with Crippen molar-refractivity contribution >= 4 is 5.97 Å². The SMILES string of the molecule is CC1(O)CCCC=C(C(=O)O)C1. The van der Waals surface area contributed by atoms with Gasteiger partial charge in [0, 0.05) is 12.0 Å². The van der Waals surface area contributed by atoms with Gasteiger partial charge in [-0.25, -0.2) is 4.79 Å². The van der Waals surface area contributed by atoms with Gasteiger partial charge < -0.3 is 10.2 Å². The van der Waals surface area contributed by atoms with Crippen molar-refractivity contribution in [1.82, 2.24) is 0 Å².